The molecule has 0 radical (unpaired) electrons. The zero-order valence-electron chi connectivity index (χ0n) is 17.8. The Morgan fingerprint density at radius 2 is 1.58 bits per heavy atom. The van der Waals surface area contributed by atoms with Gasteiger partial charge in [0, 0.05) is 30.5 Å². The van der Waals surface area contributed by atoms with Gasteiger partial charge in [0.15, 0.2) is 6.61 Å². The van der Waals surface area contributed by atoms with E-state index in [-0.39, 0.29) is 18.5 Å². The van der Waals surface area contributed by atoms with Crippen LogP contribution in [0, 0.1) is 6.92 Å². The van der Waals surface area contributed by atoms with Crippen LogP contribution < -0.4 is 15.4 Å². The van der Waals surface area contributed by atoms with Crippen molar-refractivity contribution in [3.05, 3.63) is 90.0 Å². The Labute approximate surface area is 182 Å². The Hall–Kier alpha value is -3.80. The molecule has 0 aliphatic carbocycles. The fraction of sp³-hybridized carbons (Fsp3) is 0.200. The second-order valence-electron chi connectivity index (χ2n) is 7.10. The molecule has 0 saturated heterocycles. The average molecular weight is 418 g/mol. The lowest BCUT2D eigenvalue weighted by Gasteiger charge is -2.22. The Balaban J connectivity index is 1.55. The van der Waals surface area contributed by atoms with Gasteiger partial charge in [0.25, 0.3) is 5.91 Å². The minimum atomic E-state index is -0.254. The van der Waals surface area contributed by atoms with Crippen molar-refractivity contribution in [1.82, 2.24) is 4.90 Å². The summed E-state index contributed by atoms with van der Waals surface area (Å²) in [7, 11) is 0. The number of amides is 3. The Morgan fingerprint density at radius 1 is 0.871 bits per heavy atom. The first-order chi connectivity index (χ1) is 15.0. The van der Waals surface area contributed by atoms with Gasteiger partial charge in [-0.1, -0.05) is 48.5 Å². The maximum absolute atomic E-state index is 12.7. The zero-order chi connectivity index (χ0) is 22.1. The highest BCUT2D eigenvalue weighted by molar-refractivity contribution is 5.92. The normalized spacial score (nSPS) is 10.3. The molecule has 160 valence electrons. The molecule has 6 nitrogen and oxygen atoms in total. The maximum Gasteiger partial charge on any atom is 0.322 e. The number of nitrogens with zero attached hydrogens (tertiary/aromatic N) is 1. The second-order valence-corrected chi connectivity index (χ2v) is 7.10. The van der Waals surface area contributed by atoms with E-state index in [1.807, 2.05) is 68.4 Å². The summed E-state index contributed by atoms with van der Waals surface area (Å²) >= 11 is 0. The van der Waals surface area contributed by atoms with Crippen LogP contribution in [-0.2, 0) is 11.3 Å². The number of anilines is 2. The van der Waals surface area contributed by atoms with Crippen molar-refractivity contribution in [1.29, 1.82) is 0 Å². The van der Waals surface area contributed by atoms with Crippen LogP contribution in [0.1, 0.15) is 18.1 Å². The molecule has 0 aliphatic heterocycles. The lowest BCUT2D eigenvalue weighted by molar-refractivity contribution is -0.118. The van der Waals surface area contributed by atoms with Gasteiger partial charge in [-0.15, -0.1) is 0 Å². The van der Waals surface area contributed by atoms with Gasteiger partial charge in [0.1, 0.15) is 5.75 Å². The molecule has 0 saturated carbocycles. The van der Waals surface area contributed by atoms with Crippen LogP contribution in [0.15, 0.2) is 78.9 Å². The molecule has 0 aliphatic rings. The van der Waals surface area contributed by atoms with Crippen molar-refractivity contribution in [3.8, 4) is 5.75 Å². The third-order valence-electron chi connectivity index (χ3n) is 4.80. The van der Waals surface area contributed by atoms with E-state index in [4.69, 9.17) is 4.74 Å². The number of benzene rings is 3. The molecule has 31 heavy (non-hydrogen) atoms. The first-order valence-electron chi connectivity index (χ1n) is 10.2. The monoisotopic (exact) mass is 417 g/mol. The number of rotatable bonds is 8. The van der Waals surface area contributed by atoms with Gasteiger partial charge in [-0.2, -0.15) is 0 Å². The van der Waals surface area contributed by atoms with E-state index < -0.39 is 0 Å². The number of ether oxygens (including phenoxy) is 1. The van der Waals surface area contributed by atoms with Crippen LogP contribution in [0.4, 0.5) is 16.2 Å². The summed E-state index contributed by atoms with van der Waals surface area (Å²) in [6.45, 7) is 4.97. The van der Waals surface area contributed by atoms with E-state index in [0.29, 0.717) is 30.2 Å². The number of para-hydroxylation sites is 1. The molecule has 0 spiro atoms. The van der Waals surface area contributed by atoms with Crippen LogP contribution in [0.2, 0.25) is 0 Å². The Bertz CT molecular complexity index is 1020. The molecular formula is C25H27N3O3. The minimum Gasteiger partial charge on any atom is -0.484 e. The van der Waals surface area contributed by atoms with E-state index in [1.54, 1.807) is 29.2 Å². The Morgan fingerprint density at radius 3 is 2.32 bits per heavy atom. The third kappa shape index (κ3) is 6.60. The van der Waals surface area contributed by atoms with Crippen LogP contribution >= 0.6 is 0 Å². The fourth-order valence-electron chi connectivity index (χ4n) is 3.05. The molecule has 6 heteroatoms. The van der Waals surface area contributed by atoms with Gasteiger partial charge in [-0.05, 0) is 49.2 Å². The zero-order valence-corrected chi connectivity index (χ0v) is 17.8. The number of urea groups is 1. The van der Waals surface area contributed by atoms with E-state index in [9.17, 15) is 9.59 Å². The van der Waals surface area contributed by atoms with Gasteiger partial charge >= 0.3 is 6.03 Å². The van der Waals surface area contributed by atoms with Crippen LogP contribution in [0.3, 0.4) is 0 Å². The van der Waals surface area contributed by atoms with E-state index in [2.05, 4.69) is 10.6 Å². The lowest BCUT2D eigenvalue weighted by atomic mass is 10.1. The van der Waals surface area contributed by atoms with E-state index >= 15 is 0 Å². The molecule has 3 aromatic rings. The maximum atomic E-state index is 12.7. The first-order valence-corrected chi connectivity index (χ1v) is 10.2. The predicted molar refractivity (Wildman–Crippen MR) is 123 cm³/mol. The number of carbonyl (C=O) groups is 2. The van der Waals surface area contributed by atoms with Crippen molar-refractivity contribution in [2.75, 3.05) is 23.8 Å². The van der Waals surface area contributed by atoms with Gasteiger partial charge in [0.05, 0.1) is 0 Å². The highest BCUT2D eigenvalue weighted by Crippen LogP contribution is 2.19. The molecule has 3 rings (SSSR count). The second kappa shape index (κ2) is 10.8. The van der Waals surface area contributed by atoms with Gasteiger partial charge < -0.3 is 20.3 Å². The summed E-state index contributed by atoms with van der Waals surface area (Å²) in [6, 6.07) is 24.0. The molecule has 0 aromatic heterocycles. The van der Waals surface area contributed by atoms with Crippen LogP contribution in [0.5, 0.6) is 5.75 Å². The topological polar surface area (TPSA) is 70.7 Å². The summed E-state index contributed by atoms with van der Waals surface area (Å²) in [5, 5.41) is 5.68. The largest absolute Gasteiger partial charge is 0.484 e. The Kier molecular flexibility index (Phi) is 7.65. The van der Waals surface area contributed by atoms with Crippen molar-refractivity contribution in [3.63, 3.8) is 0 Å². The molecular weight excluding hydrogens is 390 g/mol. The van der Waals surface area contributed by atoms with Crippen molar-refractivity contribution >= 4 is 23.3 Å². The molecule has 2 N–H and O–H groups in total. The molecule has 0 unspecified atom stereocenters. The predicted octanol–water partition coefficient (Wildman–Crippen LogP) is 5.07. The van der Waals surface area contributed by atoms with Gasteiger partial charge in [-0.25, -0.2) is 4.79 Å². The molecule has 3 aromatic carbocycles. The summed E-state index contributed by atoms with van der Waals surface area (Å²) in [4.78, 5) is 26.6. The molecule has 0 heterocycles. The first kappa shape index (κ1) is 21.9. The van der Waals surface area contributed by atoms with Crippen LogP contribution in [0.25, 0.3) is 0 Å². The summed E-state index contributed by atoms with van der Waals surface area (Å²) in [5.41, 5.74) is 3.58. The molecule has 3 amide bonds. The van der Waals surface area contributed by atoms with E-state index in [0.717, 1.165) is 11.1 Å². The van der Waals surface area contributed by atoms with Gasteiger partial charge in [-0.3, -0.25) is 4.79 Å². The number of nitrogens with one attached hydrogen (secondary N) is 2. The highest BCUT2D eigenvalue weighted by Gasteiger charge is 2.14. The quantitative estimate of drug-likeness (QED) is 0.538. The minimum absolute atomic E-state index is 0.124. The molecule has 0 atom stereocenters. The third-order valence-corrected chi connectivity index (χ3v) is 4.80. The number of aryl methyl sites for hydroxylation is 1. The standard InChI is InChI=1S/C25H27N3O3/c1-3-28(17-20-11-8-7-10-19(20)2)25(30)27-22-14-9-15-23(16-22)31-18-24(29)26-21-12-5-4-6-13-21/h4-16H,3,17-18H2,1-2H3,(H,26,29)(H,27,30). The van der Waals surface area contributed by atoms with E-state index in [1.165, 1.54) is 0 Å². The highest BCUT2D eigenvalue weighted by atomic mass is 16.5. The molecule has 0 bridgehead atoms. The van der Waals surface area contributed by atoms with Crippen molar-refractivity contribution in [2.24, 2.45) is 0 Å². The number of hydrogen-bond acceptors (Lipinski definition) is 3. The smallest absolute Gasteiger partial charge is 0.322 e. The fourth-order valence-corrected chi connectivity index (χ4v) is 3.05. The number of hydrogen-bond donors (Lipinski definition) is 2. The number of carbonyl (C=O) groups excluding carboxylic acids is 2. The average Bonchev–Trinajstić information content (AvgIpc) is 2.78. The molecule has 0 fully saturated rings. The van der Waals surface area contributed by atoms with Crippen molar-refractivity contribution < 1.29 is 14.3 Å². The summed E-state index contributed by atoms with van der Waals surface area (Å²) < 4.78 is 5.58. The summed E-state index contributed by atoms with van der Waals surface area (Å²) in [5.74, 6) is 0.249. The SMILES string of the molecule is CCN(Cc1ccccc1C)C(=O)Nc1cccc(OCC(=O)Nc2ccccc2)c1. The van der Waals surface area contributed by atoms with Crippen molar-refractivity contribution in [2.45, 2.75) is 20.4 Å². The lowest BCUT2D eigenvalue weighted by Crippen LogP contribution is -2.34. The van der Waals surface area contributed by atoms with Crippen LogP contribution in [-0.4, -0.2) is 30.0 Å². The summed E-state index contributed by atoms with van der Waals surface area (Å²) in [6.07, 6.45) is 0. The van der Waals surface area contributed by atoms with Gasteiger partial charge in [0.2, 0.25) is 0 Å².